The average Bonchev–Trinajstić information content (AvgIpc) is 2.76. The maximum Gasteiger partial charge on any atom is 0.331 e. The van der Waals surface area contributed by atoms with Gasteiger partial charge in [0.2, 0.25) is 15.9 Å². The van der Waals surface area contributed by atoms with E-state index in [0.717, 1.165) is 30.4 Å². The van der Waals surface area contributed by atoms with Crippen molar-refractivity contribution in [3.05, 3.63) is 29.3 Å². The average molecular weight is 451 g/mol. The number of esters is 1. The highest BCUT2D eigenvalue weighted by atomic mass is 32.2. The third kappa shape index (κ3) is 5.12. The van der Waals surface area contributed by atoms with Crippen molar-refractivity contribution in [1.82, 2.24) is 9.62 Å². The minimum Gasteiger partial charge on any atom is -0.464 e. The van der Waals surface area contributed by atoms with Gasteiger partial charge in [0.25, 0.3) is 0 Å². The lowest BCUT2D eigenvalue weighted by Crippen LogP contribution is -2.58. The van der Waals surface area contributed by atoms with E-state index in [4.69, 9.17) is 4.74 Å². The third-order valence-electron chi connectivity index (χ3n) is 6.68. The van der Waals surface area contributed by atoms with Crippen LogP contribution in [0.3, 0.4) is 0 Å². The predicted octanol–water partition coefficient (Wildman–Crippen LogP) is 3.09. The number of ether oxygens (including phenoxy) is 1. The maximum absolute atomic E-state index is 13.0. The van der Waals surface area contributed by atoms with Crippen molar-refractivity contribution in [2.75, 3.05) is 19.7 Å². The highest BCUT2D eigenvalue weighted by Crippen LogP contribution is 2.31. The lowest BCUT2D eigenvalue weighted by molar-refractivity contribution is -0.155. The molecule has 0 radical (unpaired) electrons. The molecule has 1 saturated heterocycles. The molecular formula is C23H34N2O5S. The van der Waals surface area contributed by atoms with Crippen LogP contribution in [-0.4, -0.2) is 49.8 Å². The van der Waals surface area contributed by atoms with Gasteiger partial charge in [-0.05, 0) is 69.7 Å². The number of amides is 1. The van der Waals surface area contributed by atoms with Crippen LogP contribution in [-0.2, 0) is 24.3 Å². The second kappa shape index (κ2) is 9.69. The molecule has 0 bridgehead atoms. The Kier molecular flexibility index (Phi) is 7.42. The number of nitrogens with zero attached hydrogens (tertiary/aromatic N) is 1. The Morgan fingerprint density at radius 2 is 1.74 bits per heavy atom. The van der Waals surface area contributed by atoms with Crippen molar-refractivity contribution in [3.8, 4) is 0 Å². The van der Waals surface area contributed by atoms with E-state index in [0.29, 0.717) is 43.7 Å². The molecule has 2 aliphatic rings. The molecule has 172 valence electrons. The smallest absolute Gasteiger partial charge is 0.331 e. The van der Waals surface area contributed by atoms with E-state index in [2.05, 4.69) is 5.32 Å². The summed E-state index contributed by atoms with van der Waals surface area (Å²) in [6.07, 6.45) is 4.88. The Balaban J connectivity index is 1.65. The SMILES string of the molecule is CCOC(=O)C1(NC(=O)C2CCN(S(=O)(=O)c3ccc(C)c(C)c3)CC2)CCCCC1. The molecule has 1 aromatic rings. The van der Waals surface area contributed by atoms with Crippen molar-refractivity contribution in [1.29, 1.82) is 0 Å². The van der Waals surface area contributed by atoms with Gasteiger partial charge in [0.1, 0.15) is 5.54 Å². The van der Waals surface area contributed by atoms with Crippen LogP contribution in [0.4, 0.5) is 0 Å². The number of piperidine rings is 1. The molecule has 1 aliphatic carbocycles. The van der Waals surface area contributed by atoms with Crippen molar-refractivity contribution >= 4 is 21.9 Å². The van der Waals surface area contributed by atoms with Crippen molar-refractivity contribution in [2.45, 2.75) is 76.2 Å². The van der Waals surface area contributed by atoms with Gasteiger partial charge >= 0.3 is 5.97 Å². The van der Waals surface area contributed by atoms with Gasteiger partial charge < -0.3 is 10.1 Å². The molecule has 8 heteroatoms. The topological polar surface area (TPSA) is 92.8 Å². The summed E-state index contributed by atoms with van der Waals surface area (Å²) in [6.45, 7) is 6.48. The number of aryl methyl sites for hydroxylation is 2. The van der Waals surface area contributed by atoms with Gasteiger partial charge in [0.05, 0.1) is 11.5 Å². The number of hydrogen-bond donors (Lipinski definition) is 1. The molecule has 0 spiro atoms. The van der Waals surface area contributed by atoms with Gasteiger partial charge in [-0.2, -0.15) is 4.31 Å². The molecule has 1 aromatic carbocycles. The second-order valence-electron chi connectivity index (χ2n) is 8.78. The number of nitrogens with one attached hydrogen (secondary N) is 1. The Labute approximate surface area is 185 Å². The van der Waals surface area contributed by atoms with Crippen LogP contribution in [0, 0.1) is 19.8 Å². The molecular weight excluding hydrogens is 416 g/mol. The number of sulfonamides is 1. The highest BCUT2D eigenvalue weighted by Gasteiger charge is 2.44. The standard InChI is InChI=1S/C23H34N2O5S/c1-4-30-22(27)23(12-6-5-7-13-23)24-21(26)19-10-14-25(15-11-19)31(28,29)20-9-8-17(2)18(3)16-20/h8-9,16,19H,4-7,10-15H2,1-3H3,(H,24,26). The summed E-state index contributed by atoms with van der Waals surface area (Å²) in [5, 5.41) is 3.00. The van der Waals surface area contributed by atoms with Crippen molar-refractivity contribution in [3.63, 3.8) is 0 Å². The van der Waals surface area contributed by atoms with Gasteiger partial charge in [0, 0.05) is 19.0 Å². The number of rotatable bonds is 6. The van der Waals surface area contributed by atoms with Crippen LogP contribution in [0.15, 0.2) is 23.1 Å². The van der Waals surface area contributed by atoms with Crippen LogP contribution >= 0.6 is 0 Å². The van der Waals surface area contributed by atoms with Crippen LogP contribution in [0.1, 0.15) is 63.0 Å². The molecule has 1 heterocycles. The van der Waals surface area contributed by atoms with Gasteiger partial charge in [0.15, 0.2) is 0 Å². The van der Waals surface area contributed by atoms with Crippen LogP contribution in [0.2, 0.25) is 0 Å². The summed E-state index contributed by atoms with van der Waals surface area (Å²) in [6, 6.07) is 5.17. The zero-order valence-electron chi connectivity index (χ0n) is 18.8. The summed E-state index contributed by atoms with van der Waals surface area (Å²) in [4.78, 5) is 25.9. The Morgan fingerprint density at radius 3 is 2.32 bits per heavy atom. The molecule has 1 N–H and O–H groups in total. The Hall–Kier alpha value is -1.93. The van der Waals surface area contributed by atoms with Gasteiger partial charge in [-0.25, -0.2) is 13.2 Å². The van der Waals surface area contributed by atoms with E-state index in [9.17, 15) is 18.0 Å². The van der Waals surface area contributed by atoms with E-state index < -0.39 is 15.6 Å². The lowest BCUT2D eigenvalue weighted by Gasteiger charge is -2.38. The number of hydrogen-bond acceptors (Lipinski definition) is 5. The van der Waals surface area contributed by atoms with E-state index >= 15 is 0 Å². The minimum atomic E-state index is -3.58. The van der Waals surface area contributed by atoms with E-state index in [1.165, 1.54) is 4.31 Å². The van der Waals surface area contributed by atoms with Gasteiger partial charge in [-0.1, -0.05) is 25.3 Å². The number of carbonyl (C=O) groups is 2. The summed E-state index contributed by atoms with van der Waals surface area (Å²) in [7, 11) is -3.58. The number of carbonyl (C=O) groups excluding carboxylic acids is 2. The predicted molar refractivity (Wildman–Crippen MR) is 118 cm³/mol. The molecule has 1 amide bonds. The molecule has 1 saturated carbocycles. The Bertz CT molecular complexity index is 914. The summed E-state index contributed by atoms with van der Waals surface area (Å²) >= 11 is 0. The normalized spacial score (nSPS) is 20.2. The summed E-state index contributed by atoms with van der Waals surface area (Å²) in [5.74, 6) is -0.824. The highest BCUT2D eigenvalue weighted by molar-refractivity contribution is 7.89. The zero-order chi connectivity index (χ0) is 22.6. The molecule has 0 atom stereocenters. The first-order valence-corrected chi connectivity index (χ1v) is 12.7. The quantitative estimate of drug-likeness (QED) is 0.673. The van der Waals surface area contributed by atoms with Crippen molar-refractivity contribution < 1.29 is 22.7 Å². The molecule has 0 unspecified atom stereocenters. The fourth-order valence-electron chi connectivity index (χ4n) is 4.52. The fourth-order valence-corrected chi connectivity index (χ4v) is 6.08. The second-order valence-corrected chi connectivity index (χ2v) is 10.7. The molecule has 1 aliphatic heterocycles. The monoisotopic (exact) mass is 450 g/mol. The van der Waals surface area contributed by atoms with E-state index in [-0.39, 0.29) is 24.4 Å². The van der Waals surface area contributed by atoms with Gasteiger partial charge in [-0.3, -0.25) is 4.79 Å². The first kappa shape index (κ1) is 23.7. The van der Waals surface area contributed by atoms with E-state index in [1.54, 1.807) is 19.1 Å². The summed E-state index contributed by atoms with van der Waals surface area (Å²) < 4.78 is 32.8. The lowest BCUT2D eigenvalue weighted by atomic mass is 9.81. The third-order valence-corrected chi connectivity index (χ3v) is 8.57. The van der Waals surface area contributed by atoms with Crippen molar-refractivity contribution in [2.24, 2.45) is 5.92 Å². The Morgan fingerprint density at radius 1 is 1.10 bits per heavy atom. The molecule has 3 rings (SSSR count). The zero-order valence-corrected chi connectivity index (χ0v) is 19.6. The maximum atomic E-state index is 13.0. The largest absolute Gasteiger partial charge is 0.464 e. The van der Waals surface area contributed by atoms with E-state index in [1.807, 2.05) is 19.9 Å². The fraction of sp³-hybridized carbons (Fsp3) is 0.652. The van der Waals surface area contributed by atoms with Crippen LogP contribution in [0.5, 0.6) is 0 Å². The van der Waals surface area contributed by atoms with Crippen LogP contribution < -0.4 is 5.32 Å². The first-order valence-electron chi connectivity index (χ1n) is 11.3. The molecule has 7 nitrogen and oxygen atoms in total. The molecule has 31 heavy (non-hydrogen) atoms. The molecule has 2 fully saturated rings. The molecule has 0 aromatic heterocycles. The van der Waals surface area contributed by atoms with Gasteiger partial charge in [-0.15, -0.1) is 0 Å². The summed E-state index contributed by atoms with van der Waals surface area (Å²) in [5.41, 5.74) is 1.05. The number of benzene rings is 1. The van der Waals surface area contributed by atoms with Crippen LogP contribution in [0.25, 0.3) is 0 Å². The first-order chi connectivity index (χ1) is 14.7. The minimum absolute atomic E-state index is 0.168.